The van der Waals surface area contributed by atoms with Crippen LogP contribution in [0.5, 0.6) is 0 Å². The van der Waals surface area contributed by atoms with Gasteiger partial charge in [-0.15, -0.1) is 11.3 Å². The molecule has 0 spiro atoms. The molecule has 0 aromatic carbocycles. The summed E-state index contributed by atoms with van der Waals surface area (Å²) in [6.45, 7) is 4.14. The highest BCUT2D eigenvalue weighted by molar-refractivity contribution is 9.10. The lowest BCUT2D eigenvalue weighted by molar-refractivity contribution is 0.874. The van der Waals surface area contributed by atoms with Gasteiger partial charge in [0.1, 0.15) is 4.60 Å². The summed E-state index contributed by atoms with van der Waals surface area (Å²) >= 11 is 5.10. The summed E-state index contributed by atoms with van der Waals surface area (Å²) in [4.78, 5) is 8.89. The maximum absolute atomic E-state index is 4.49. The molecule has 0 aliphatic carbocycles. The van der Waals surface area contributed by atoms with Crippen molar-refractivity contribution < 1.29 is 0 Å². The second kappa shape index (κ2) is 5.50. The highest BCUT2D eigenvalue weighted by atomic mass is 79.9. The molecular formula is C15H14BrN3S. The number of halogens is 1. The van der Waals surface area contributed by atoms with Crippen molar-refractivity contribution >= 4 is 43.2 Å². The summed E-state index contributed by atoms with van der Waals surface area (Å²) in [6.07, 6.45) is 1.94. The molecule has 1 unspecified atom stereocenters. The Bertz CT molecular complexity index is 754. The third kappa shape index (κ3) is 2.69. The first kappa shape index (κ1) is 13.5. The van der Waals surface area contributed by atoms with E-state index in [0.29, 0.717) is 0 Å². The molecule has 5 heteroatoms. The van der Waals surface area contributed by atoms with E-state index in [2.05, 4.69) is 49.6 Å². The van der Waals surface area contributed by atoms with Crippen LogP contribution >= 0.6 is 27.3 Å². The van der Waals surface area contributed by atoms with E-state index in [4.69, 9.17) is 0 Å². The number of hydrogen-bond donors (Lipinski definition) is 1. The van der Waals surface area contributed by atoms with E-state index < -0.39 is 0 Å². The number of thiophene rings is 1. The molecule has 0 radical (unpaired) electrons. The molecule has 102 valence electrons. The first-order chi connectivity index (χ1) is 9.63. The lowest BCUT2D eigenvalue weighted by atomic mass is 10.1. The average Bonchev–Trinajstić information content (AvgIpc) is 2.89. The molecule has 3 rings (SSSR count). The van der Waals surface area contributed by atoms with Crippen molar-refractivity contribution in [1.29, 1.82) is 0 Å². The molecule has 3 heterocycles. The lowest BCUT2D eigenvalue weighted by Crippen LogP contribution is -2.08. The highest BCUT2D eigenvalue weighted by Crippen LogP contribution is 2.26. The predicted octanol–water partition coefficient (Wildman–Crippen LogP) is 4.94. The summed E-state index contributed by atoms with van der Waals surface area (Å²) < 4.78 is 2.08. The number of pyridine rings is 2. The third-order valence-corrected chi connectivity index (χ3v) is 4.54. The molecule has 20 heavy (non-hydrogen) atoms. The number of hydrogen-bond acceptors (Lipinski definition) is 4. The Morgan fingerprint density at radius 1 is 1.30 bits per heavy atom. The quantitative estimate of drug-likeness (QED) is 0.682. The molecule has 3 nitrogen and oxygen atoms in total. The van der Waals surface area contributed by atoms with Gasteiger partial charge in [-0.05, 0) is 65.0 Å². The highest BCUT2D eigenvalue weighted by Gasteiger charge is 2.09. The van der Waals surface area contributed by atoms with E-state index in [0.717, 1.165) is 21.5 Å². The first-order valence-corrected chi connectivity index (χ1v) is 8.03. The van der Waals surface area contributed by atoms with Crippen LogP contribution in [-0.4, -0.2) is 9.97 Å². The van der Waals surface area contributed by atoms with Crippen LogP contribution in [0.4, 0.5) is 5.69 Å². The number of nitrogens with one attached hydrogen (secondary N) is 1. The van der Waals surface area contributed by atoms with Crippen LogP contribution in [0.3, 0.4) is 0 Å². The average molecular weight is 348 g/mol. The van der Waals surface area contributed by atoms with Gasteiger partial charge in [-0.3, -0.25) is 4.98 Å². The van der Waals surface area contributed by atoms with E-state index in [1.54, 1.807) is 11.3 Å². The monoisotopic (exact) mass is 347 g/mol. The van der Waals surface area contributed by atoms with Gasteiger partial charge in [0.25, 0.3) is 0 Å². The molecule has 0 amide bonds. The molecule has 0 saturated heterocycles. The number of anilines is 1. The van der Waals surface area contributed by atoms with Crippen molar-refractivity contribution in [3.05, 3.63) is 51.7 Å². The minimum absolute atomic E-state index is 0.190. The SMILES string of the molecule is Cc1nc(Br)ccc1NC(C)c1cnc2ccsc2c1. The Labute approximate surface area is 130 Å². The number of nitrogens with zero attached hydrogens (tertiary/aromatic N) is 2. The molecule has 0 aliphatic heterocycles. The van der Waals surface area contributed by atoms with Gasteiger partial charge in [0.2, 0.25) is 0 Å². The van der Waals surface area contributed by atoms with Crippen molar-refractivity contribution in [2.24, 2.45) is 0 Å². The van der Waals surface area contributed by atoms with E-state index in [1.165, 1.54) is 10.3 Å². The number of fused-ring (bicyclic) bond motifs is 1. The Balaban J connectivity index is 1.86. The molecule has 3 aromatic heterocycles. The molecule has 1 N–H and O–H groups in total. The van der Waals surface area contributed by atoms with Gasteiger partial charge >= 0.3 is 0 Å². The Morgan fingerprint density at radius 2 is 2.15 bits per heavy atom. The summed E-state index contributed by atoms with van der Waals surface area (Å²) in [5.41, 5.74) is 4.28. The summed E-state index contributed by atoms with van der Waals surface area (Å²) in [5, 5.41) is 5.56. The van der Waals surface area contributed by atoms with Crippen molar-refractivity contribution in [2.75, 3.05) is 5.32 Å². The molecule has 0 saturated carbocycles. The normalized spacial score (nSPS) is 12.6. The van der Waals surface area contributed by atoms with Gasteiger partial charge in [0.05, 0.1) is 27.6 Å². The van der Waals surface area contributed by atoms with Crippen LogP contribution in [0.15, 0.2) is 40.4 Å². The van der Waals surface area contributed by atoms with Crippen LogP contribution in [0.1, 0.15) is 24.2 Å². The van der Waals surface area contributed by atoms with Crippen LogP contribution in [0, 0.1) is 6.92 Å². The number of aryl methyl sites for hydroxylation is 1. The summed E-state index contributed by atoms with van der Waals surface area (Å²) in [7, 11) is 0. The van der Waals surface area contributed by atoms with E-state index in [-0.39, 0.29) is 6.04 Å². The van der Waals surface area contributed by atoms with Crippen molar-refractivity contribution in [3.63, 3.8) is 0 Å². The van der Waals surface area contributed by atoms with E-state index >= 15 is 0 Å². The zero-order valence-electron chi connectivity index (χ0n) is 11.2. The fourth-order valence-electron chi connectivity index (χ4n) is 2.10. The number of rotatable bonds is 3. The number of aromatic nitrogens is 2. The van der Waals surface area contributed by atoms with Crippen LogP contribution in [-0.2, 0) is 0 Å². The minimum atomic E-state index is 0.190. The van der Waals surface area contributed by atoms with Crippen LogP contribution < -0.4 is 5.32 Å². The maximum atomic E-state index is 4.49. The maximum Gasteiger partial charge on any atom is 0.106 e. The molecular weight excluding hydrogens is 334 g/mol. The van der Waals surface area contributed by atoms with Gasteiger partial charge in [-0.1, -0.05) is 0 Å². The fraction of sp³-hybridized carbons (Fsp3) is 0.200. The largest absolute Gasteiger partial charge is 0.377 e. The standard InChI is InChI=1S/C15H14BrN3S/c1-9(18-12-3-4-15(16)19-10(12)2)11-7-14-13(17-8-11)5-6-20-14/h3-9,18H,1-2H3. The van der Waals surface area contributed by atoms with Gasteiger partial charge in [-0.2, -0.15) is 0 Å². The summed E-state index contributed by atoms with van der Waals surface area (Å²) in [5.74, 6) is 0. The van der Waals surface area contributed by atoms with Crippen molar-refractivity contribution in [3.8, 4) is 0 Å². The predicted molar refractivity (Wildman–Crippen MR) is 88.3 cm³/mol. The Morgan fingerprint density at radius 3 is 2.95 bits per heavy atom. The second-order valence-corrected chi connectivity index (χ2v) is 6.47. The minimum Gasteiger partial charge on any atom is -0.377 e. The molecule has 1 atom stereocenters. The second-order valence-electron chi connectivity index (χ2n) is 4.71. The van der Waals surface area contributed by atoms with Crippen molar-refractivity contribution in [1.82, 2.24) is 9.97 Å². The topological polar surface area (TPSA) is 37.8 Å². The Hall–Kier alpha value is -1.46. The van der Waals surface area contributed by atoms with E-state index in [9.17, 15) is 0 Å². The van der Waals surface area contributed by atoms with Crippen molar-refractivity contribution in [2.45, 2.75) is 19.9 Å². The Kier molecular flexibility index (Phi) is 3.72. The first-order valence-electron chi connectivity index (χ1n) is 6.36. The molecule has 0 fully saturated rings. The zero-order valence-corrected chi connectivity index (χ0v) is 13.6. The van der Waals surface area contributed by atoms with E-state index in [1.807, 2.05) is 31.3 Å². The smallest absolute Gasteiger partial charge is 0.106 e. The molecule has 3 aromatic rings. The lowest BCUT2D eigenvalue weighted by Gasteiger charge is -2.17. The van der Waals surface area contributed by atoms with Gasteiger partial charge < -0.3 is 5.32 Å². The van der Waals surface area contributed by atoms with Gasteiger partial charge in [0.15, 0.2) is 0 Å². The third-order valence-electron chi connectivity index (χ3n) is 3.25. The fourth-order valence-corrected chi connectivity index (χ4v) is 3.29. The van der Waals surface area contributed by atoms with Gasteiger partial charge in [0, 0.05) is 6.20 Å². The van der Waals surface area contributed by atoms with Gasteiger partial charge in [-0.25, -0.2) is 4.98 Å². The molecule has 0 aliphatic rings. The molecule has 0 bridgehead atoms. The summed E-state index contributed by atoms with van der Waals surface area (Å²) in [6, 6.07) is 8.43. The zero-order chi connectivity index (χ0) is 14.1. The van der Waals surface area contributed by atoms with Crippen LogP contribution in [0.25, 0.3) is 10.2 Å². The van der Waals surface area contributed by atoms with Crippen LogP contribution in [0.2, 0.25) is 0 Å².